The molecular weight excluding hydrogens is 180 g/mol. The van der Waals surface area contributed by atoms with Gasteiger partial charge < -0.3 is 9.84 Å². The van der Waals surface area contributed by atoms with Gasteiger partial charge in [0.25, 0.3) is 0 Å². The molecule has 3 nitrogen and oxygen atoms in total. The Morgan fingerprint density at radius 3 is 2.17 bits per heavy atom. The van der Waals surface area contributed by atoms with E-state index in [2.05, 4.69) is 0 Å². The standard InChI is InChI=1S/C8H8O3.ClH/c1-11-7-4-2-6(3-5-7)8(9)10;/h2-5H,1H3,(H,9,10);1H. The van der Waals surface area contributed by atoms with Crippen LogP contribution < -0.4 is 4.74 Å². The average Bonchev–Trinajstić information content (AvgIpc) is 2.05. The highest BCUT2D eigenvalue weighted by atomic mass is 35.5. The van der Waals surface area contributed by atoms with E-state index in [1.54, 1.807) is 12.1 Å². The summed E-state index contributed by atoms with van der Waals surface area (Å²) in [6.45, 7) is 0. The fourth-order valence-corrected chi connectivity index (χ4v) is 0.734. The number of hydrogen-bond donors (Lipinski definition) is 1. The van der Waals surface area contributed by atoms with Crippen LogP contribution in [0.2, 0.25) is 0 Å². The number of rotatable bonds is 2. The maximum atomic E-state index is 10.4. The number of hydrogen-bond acceptors (Lipinski definition) is 2. The summed E-state index contributed by atoms with van der Waals surface area (Å²) in [5.74, 6) is -0.261. The van der Waals surface area contributed by atoms with Crippen LogP contribution in [0.1, 0.15) is 10.4 Å². The molecule has 0 bridgehead atoms. The second-order valence-corrected chi connectivity index (χ2v) is 2.03. The molecule has 12 heavy (non-hydrogen) atoms. The Morgan fingerprint density at radius 2 is 1.83 bits per heavy atom. The van der Waals surface area contributed by atoms with Gasteiger partial charge in [-0.25, -0.2) is 4.79 Å². The molecule has 0 amide bonds. The van der Waals surface area contributed by atoms with Crippen molar-refractivity contribution in [3.63, 3.8) is 0 Å². The Kier molecular flexibility index (Phi) is 4.15. The van der Waals surface area contributed by atoms with Crippen LogP contribution in [0.3, 0.4) is 0 Å². The smallest absolute Gasteiger partial charge is 0.335 e. The van der Waals surface area contributed by atoms with Crippen molar-refractivity contribution in [3.8, 4) is 5.75 Å². The predicted molar refractivity (Wildman–Crippen MR) is 47.2 cm³/mol. The Morgan fingerprint density at radius 1 is 1.33 bits per heavy atom. The van der Waals surface area contributed by atoms with Crippen molar-refractivity contribution >= 4 is 18.4 Å². The third-order valence-electron chi connectivity index (χ3n) is 1.34. The van der Waals surface area contributed by atoms with E-state index in [-0.39, 0.29) is 18.0 Å². The quantitative estimate of drug-likeness (QED) is 0.770. The fourth-order valence-electron chi connectivity index (χ4n) is 0.734. The third kappa shape index (κ3) is 2.43. The van der Waals surface area contributed by atoms with E-state index < -0.39 is 5.97 Å². The normalized spacial score (nSPS) is 8.42. The van der Waals surface area contributed by atoms with E-state index in [1.807, 2.05) is 0 Å². The second-order valence-electron chi connectivity index (χ2n) is 2.03. The molecule has 0 fully saturated rings. The first-order valence-corrected chi connectivity index (χ1v) is 3.11. The van der Waals surface area contributed by atoms with Gasteiger partial charge in [-0.3, -0.25) is 0 Å². The first-order valence-electron chi connectivity index (χ1n) is 3.11. The molecule has 0 aliphatic rings. The van der Waals surface area contributed by atoms with Crippen LogP contribution in [-0.4, -0.2) is 18.2 Å². The van der Waals surface area contributed by atoms with Gasteiger partial charge in [0.1, 0.15) is 5.75 Å². The highest BCUT2D eigenvalue weighted by molar-refractivity contribution is 5.87. The lowest BCUT2D eigenvalue weighted by molar-refractivity contribution is 0.0697. The summed E-state index contributed by atoms with van der Waals surface area (Å²) >= 11 is 0. The molecule has 0 aliphatic heterocycles. The van der Waals surface area contributed by atoms with E-state index >= 15 is 0 Å². The van der Waals surface area contributed by atoms with Crippen LogP contribution in [0.4, 0.5) is 0 Å². The summed E-state index contributed by atoms with van der Waals surface area (Å²) in [4.78, 5) is 10.4. The van der Waals surface area contributed by atoms with Crippen LogP contribution >= 0.6 is 12.4 Å². The first kappa shape index (κ1) is 10.8. The van der Waals surface area contributed by atoms with Crippen molar-refractivity contribution < 1.29 is 14.6 Å². The number of benzene rings is 1. The minimum atomic E-state index is -0.923. The van der Waals surface area contributed by atoms with Crippen molar-refractivity contribution in [1.29, 1.82) is 0 Å². The van der Waals surface area contributed by atoms with Gasteiger partial charge in [-0.15, -0.1) is 12.4 Å². The molecule has 1 aromatic carbocycles. The van der Waals surface area contributed by atoms with Crippen LogP contribution in [0.15, 0.2) is 24.3 Å². The topological polar surface area (TPSA) is 46.5 Å². The number of carboxylic acids is 1. The first-order chi connectivity index (χ1) is 5.24. The molecule has 0 radical (unpaired) electrons. The summed E-state index contributed by atoms with van der Waals surface area (Å²) in [6.07, 6.45) is 0. The average molecular weight is 189 g/mol. The maximum Gasteiger partial charge on any atom is 0.335 e. The Bertz CT molecular complexity index is 256. The molecule has 0 heterocycles. The maximum absolute atomic E-state index is 10.4. The number of aromatic carboxylic acids is 1. The van der Waals surface area contributed by atoms with Gasteiger partial charge in [-0.2, -0.15) is 0 Å². The number of carbonyl (C=O) groups is 1. The molecule has 0 spiro atoms. The Balaban J connectivity index is 0.00000121. The molecule has 1 rings (SSSR count). The fraction of sp³-hybridized carbons (Fsp3) is 0.125. The molecule has 0 saturated heterocycles. The Labute approximate surface area is 76.4 Å². The summed E-state index contributed by atoms with van der Waals surface area (Å²) in [5.41, 5.74) is 0.269. The second kappa shape index (κ2) is 4.62. The number of carboxylic acid groups (broad SMARTS) is 1. The highest BCUT2D eigenvalue weighted by Crippen LogP contribution is 2.10. The lowest BCUT2D eigenvalue weighted by atomic mass is 10.2. The Hall–Kier alpha value is -1.22. The van der Waals surface area contributed by atoms with Crippen LogP contribution in [0, 0.1) is 0 Å². The van der Waals surface area contributed by atoms with Crippen LogP contribution in [0.25, 0.3) is 0 Å². The SMILES string of the molecule is COc1ccc(C(=O)O)cc1.Cl. The molecule has 0 aliphatic carbocycles. The molecular formula is C8H9ClO3. The van der Waals surface area contributed by atoms with E-state index in [1.165, 1.54) is 19.2 Å². The summed E-state index contributed by atoms with van der Waals surface area (Å²) in [5, 5.41) is 8.51. The molecule has 1 aromatic rings. The monoisotopic (exact) mass is 188 g/mol. The zero-order valence-electron chi connectivity index (χ0n) is 6.48. The van der Waals surface area contributed by atoms with Gasteiger partial charge in [-0.1, -0.05) is 0 Å². The van der Waals surface area contributed by atoms with Gasteiger partial charge in [0.05, 0.1) is 12.7 Å². The zero-order chi connectivity index (χ0) is 8.27. The largest absolute Gasteiger partial charge is 0.497 e. The van der Waals surface area contributed by atoms with Crippen molar-refractivity contribution in [1.82, 2.24) is 0 Å². The van der Waals surface area contributed by atoms with Crippen LogP contribution in [0.5, 0.6) is 5.75 Å². The highest BCUT2D eigenvalue weighted by Gasteiger charge is 2.00. The minimum Gasteiger partial charge on any atom is -0.497 e. The van der Waals surface area contributed by atoms with Gasteiger partial charge >= 0.3 is 5.97 Å². The van der Waals surface area contributed by atoms with E-state index in [4.69, 9.17) is 9.84 Å². The van der Waals surface area contributed by atoms with Crippen molar-refractivity contribution in [2.24, 2.45) is 0 Å². The summed E-state index contributed by atoms with van der Waals surface area (Å²) in [6, 6.07) is 6.23. The number of ether oxygens (including phenoxy) is 1. The van der Waals surface area contributed by atoms with Gasteiger partial charge in [-0.05, 0) is 24.3 Å². The molecule has 66 valence electrons. The molecule has 0 saturated carbocycles. The van der Waals surface area contributed by atoms with Crippen molar-refractivity contribution in [2.45, 2.75) is 0 Å². The lowest BCUT2D eigenvalue weighted by Gasteiger charge is -1.98. The molecule has 0 aromatic heterocycles. The van der Waals surface area contributed by atoms with Crippen molar-refractivity contribution in [3.05, 3.63) is 29.8 Å². The van der Waals surface area contributed by atoms with Crippen molar-refractivity contribution in [2.75, 3.05) is 7.11 Å². The molecule has 1 N–H and O–H groups in total. The lowest BCUT2D eigenvalue weighted by Crippen LogP contribution is -1.95. The molecule has 0 atom stereocenters. The summed E-state index contributed by atoms with van der Waals surface area (Å²) in [7, 11) is 1.54. The van der Waals surface area contributed by atoms with E-state index in [0.29, 0.717) is 5.75 Å². The van der Waals surface area contributed by atoms with Crippen LogP contribution in [-0.2, 0) is 0 Å². The predicted octanol–water partition coefficient (Wildman–Crippen LogP) is 1.82. The molecule has 4 heteroatoms. The minimum absolute atomic E-state index is 0. The van der Waals surface area contributed by atoms with E-state index in [9.17, 15) is 4.79 Å². The molecule has 0 unspecified atom stereocenters. The van der Waals surface area contributed by atoms with Gasteiger partial charge in [0, 0.05) is 0 Å². The number of methoxy groups -OCH3 is 1. The third-order valence-corrected chi connectivity index (χ3v) is 1.34. The van der Waals surface area contributed by atoms with Gasteiger partial charge in [0.15, 0.2) is 0 Å². The van der Waals surface area contributed by atoms with E-state index in [0.717, 1.165) is 0 Å². The summed E-state index contributed by atoms with van der Waals surface area (Å²) < 4.78 is 4.86. The van der Waals surface area contributed by atoms with Gasteiger partial charge in [0.2, 0.25) is 0 Å². The zero-order valence-corrected chi connectivity index (χ0v) is 7.30. The number of halogens is 1.